The standard InChI is InChI=1S/C22H25BO3S/c1-21(2)22(3,4)26-23(25-21)20-13-18-12-17(10-11-19(18)27-20)15-24-14-16-8-6-5-7-9-16/h5-13H,14-15H2,1-4H3. The van der Waals surface area contributed by atoms with Crippen molar-refractivity contribution in [3.05, 3.63) is 65.7 Å². The fourth-order valence-electron chi connectivity index (χ4n) is 3.14. The Morgan fingerprint density at radius 3 is 2.22 bits per heavy atom. The Hall–Kier alpha value is -1.66. The van der Waals surface area contributed by atoms with Crippen LogP contribution in [0.4, 0.5) is 0 Å². The lowest BCUT2D eigenvalue weighted by Gasteiger charge is -2.32. The van der Waals surface area contributed by atoms with Crippen LogP contribution in [-0.2, 0) is 27.3 Å². The zero-order valence-electron chi connectivity index (χ0n) is 16.3. The molecule has 140 valence electrons. The molecular formula is C22H25BO3S. The minimum Gasteiger partial charge on any atom is -0.399 e. The normalized spacial score (nSPS) is 18.3. The zero-order valence-corrected chi connectivity index (χ0v) is 17.1. The van der Waals surface area contributed by atoms with Crippen molar-refractivity contribution in [1.29, 1.82) is 0 Å². The Morgan fingerprint density at radius 2 is 1.52 bits per heavy atom. The minimum absolute atomic E-state index is 0.301. The Kier molecular flexibility index (Phi) is 4.89. The number of fused-ring (bicyclic) bond motifs is 1. The molecule has 4 rings (SSSR count). The molecule has 1 aromatic heterocycles. The average Bonchev–Trinajstić information content (AvgIpc) is 3.13. The lowest BCUT2D eigenvalue weighted by Crippen LogP contribution is -2.41. The van der Waals surface area contributed by atoms with Crippen LogP contribution in [0.25, 0.3) is 10.1 Å². The van der Waals surface area contributed by atoms with Crippen LogP contribution in [0, 0.1) is 0 Å². The monoisotopic (exact) mass is 380 g/mol. The van der Waals surface area contributed by atoms with E-state index in [1.54, 1.807) is 11.3 Å². The van der Waals surface area contributed by atoms with Gasteiger partial charge in [0.1, 0.15) is 0 Å². The van der Waals surface area contributed by atoms with Gasteiger partial charge in [0.25, 0.3) is 0 Å². The molecule has 0 radical (unpaired) electrons. The third kappa shape index (κ3) is 3.83. The number of benzene rings is 2. The van der Waals surface area contributed by atoms with Gasteiger partial charge >= 0.3 is 7.12 Å². The first-order chi connectivity index (χ1) is 12.8. The van der Waals surface area contributed by atoms with E-state index in [4.69, 9.17) is 14.0 Å². The Balaban J connectivity index is 1.46. The summed E-state index contributed by atoms with van der Waals surface area (Å²) in [5, 5.41) is 1.21. The van der Waals surface area contributed by atoms with Crippen LogP contribution >= 0.6 is 11.3 Å². The lowest BCUT2D eigenvalue weighted by atomic mass is 9.87. The molecule has 0 saturated carbocycles. The second kappa shape index (κ2) is 7.06. The van der Waals surface area contributed by atoms with E-state index in [9.17, 15) is 0 Å². The van der Waals surface area contributed by atoms with Gasteiger partial charge in [-0.05, 0) is 62.4 Å². The highest BCUT2D eigenvalue weighted by Crippen LogP contribution is 2.37. The van der Waals surface area contributed by atoms with Crippen LogP contribution in [0.3, 0.4) is 0 Å². The summed E-state index contributed by atoms with van der Waals surface area (Å²) >= 11 is 1.73. The molecular weight excluding hydrogens is 355 g/mol. The van der Waals surface area contributed by atoms with Crippen molar-refractivity contribution in [1.82, 2.24) is 0 Å². The summed E-state index contributed by atoms with van der Waals surface area (Å²) in [5.41, 5.74) is 1.74. The van der Waals surface area contributed by atoms with Gasteiger partial charge in [-0.1, -0.05) is 36.4 Å². The summed E-state index contributed by atoms with van der Waals surface area (Å²) in [4.78, 5) is 0. The van der Waals surface area contributed by atoms with Gasteiger partial charge in [-0.25, -0.2) is 0 Å². The topological polar surface area (TPSA) is 27.7 Å². The number of rotatable bonds is 5. The highest BCUT2D eigenvalue weighted by atomic mass is 32.1. The molecule has 1 saturated heterocycles. The number of ether oxygens (including phenoxy) is 1. The van der Waals surface area contributed by atoms with Crippen LogP contribution in [0.2, 0.25) is 0 Å². The maximum absolute atomic E-state index is 6.19. The molecule has 3 aromatic rings. The molecule has 0 spiro atoms. The van der Waals surface area contributed by atoms with Gasteiger partial charge in [-0.15, -0.1) is 11.3 Å². The fraction of sp³-hybridized carbons (Fsp3) is 0.364. The highest BCUT2D eigenvalue weighted by Gasteiger charge is 2.52. The average molecular weight is 380 g/mol. The summed E-state index contributed by atoms with van der Waals surface area (Å²) in [6.45, 7) is 9.57. The Bertz CT molecular complexity index is 917. The fourth-order valence-corrected chi connectivity index (χ4v) is 4.14. The van der Waals surface area contributed by atoms with E-state index in [2.05, 4.69) is 64.1 Å². The lowest BCUT2D eigenvalue weighted by molar-refractivity contribution is 0.00578. The minimum atomic E-state index is -0.315. The molecule has 2 heterocycles. The second-order valence-corrected chi connectivity index (χ2v) is 9.20. The molecule has 0 N–H and O–H groups in total. The zero-order chi connectivity index (χ0) is 19.1. The molecule has 0 amide bonds. The number of hydrogen-bond donors (Lipinski definition) is 0. The van der Waals surface area contributed by atoms with Crippen molar-refractivity contribution in [2.45, 2.75) is 52.1 Å². The number of thiophene rings is 1. The van der Waals surface area contributed by atoms with Crippen molar-refractivity contribution < 1.29 is 14.0 Å². The molecule has 0 bridgehead atoms. The molecule has 1 aliphatic heterocycles. The van der Waals surface area contributed by atoms with Gasteiger partial charge in [0.05, 0.1) is 24.4 Å². The third-order valence-corrected chi connectivity index (χ3v) is 6.60. The van der Waals surface area contributed by atoms with Crippen LogP contribution in [0.15, 0.2) is 54.6 Å². The van der Waals surface area contributed by atoms with Crippen molar-refractivity contribution >= 4 is 33.3 Å². The highest BCUT2D eigenvalue weighted by molar-refractivity contribution is 7.28. The SMILES string of the molecule is CC1(C)OB(c2cc3cc(COCc4ccccc4)ccc3s2)OC1(C)C. The van der Waals surface area contributed by atoms with Crippen molar-refractivity contribution in [2.75, 3.05) is 0 Å². The first kappa shape index (κ1) is 18.7. The van der Waals surface area contributed by atoms with E-state index >= 15 is 0 Å². The van der Waals surface area contributed by atoms with E-state index in [1.165, 1.54) is 21.2 Å². The molecule has 1 fully saturated rings. The van der Waals surface area contributed by atoms with E-state index < -0.39 is 0 Å². The van der Waals surface area contributed by atoms with Crippen LogP contribution in [-0.4, -0.2) is 18.3 Å². The quantitative estimate of drug-likeness (QED) is 0.589. The van der Waals surface area contributed by atoms with E-state index in [0.717, 1.165) is 4.78 Å². The summed E-state index contributed by atoms with van der Waals surface area (Å²) in [6, 6.07) is 18.9. The number of hydrogen-bond acceptors (Lipinski definition) is 4. The molecule has 3 nitrogen and oxygen atoms in total. The van der Waals surface area contributed by atoms with E-state index in [1.807, 2.05) is 18.2 Å². The molecule has 2 aromatic carbocycles. The molecule has 1 aliphatic rings. The maximum atomic E-state index is 6.19. The largest absolute Gasteiger partial charge is 0.505 e. The van der Waals surface area contributed by atoms with E-state index in [-0.39, 0.29) is 18.3 Å². The predicted molar refractivity (Wildman–Crippen MR) is 112 cm³/mol. The summed E-state index contributed by atoms with van der Waals surface area (Å²) in [6.07, 6.45) is 0. The molecule has 5 heteroatoms. The van der Waals surface area contributed by atoms with Gasteiger partial charge in [0.15, 0.2) is 0 Å². The first-order valence-electron chi connectivity index (χ1n) is 9.34. The maximum Gasteiger partial charge on any atom is 0.505 e. The third-order valence-electron chi connectivity index (χ3n) is 5.47. The van der Waals surface area contributed by atoms with Crippen molar-refractivity contribution in [2.24, 2.45) is 0 Å². The first-order valence-corrected chi connectivity index (χ1v) is 10.2. The molecule has 0 aliphatic carbocycles. The van der Waals surface area contributed by atoms with Gasteiger partial charge in [0, 0.05) is 9.48 Å². The Morgan fingerprint density at radius 1 is 0.852 bits per heavy atom. The molecule has 27 heavy (non-hydrogen) atoms. The molecule has 0 unspecified atom stereocenters. The van der Waals surface area contributed by atoms with Crippen LogP contribution < -0.4 is 4.78 Å². The van der Waals surface area contributed by atoms with Gasteiger partial charge < -0.3 is 14.0 Å². The molecule has 0 atom stereocenters. The van der Waals surface area contributed by atoms with Crippen LogP contribution in [0.5, 0.6) is 0 Å². The Labute approximate surface area is 165 Å². The van der Waals surface area contributed by atoms with Crippen molar-refractivity contribution in [3.63, 3.8) is 0 Å². The van der Waals surface area contributed by atoms with E-state index in [0.29, 0.717) is 13.2 Å². The summed E-state index contributed by atoms with van der Waals surface area (Å²) < 4.78 is 20.6. The second-order valence-electron chi connectivity index (χ2n) is 8.09. The predicted octanol–water partition coefficient (Wildman–Crippen LogP) is 4.92. The summed E-state index contributed by atoms with van der Waals surface area (Å²) in [7, 11) is -0.301. The van der Waals surface area contributed by atoms with Gasteiger partial charge in [-0.2, -0.15) is 0 Å². The van der Waals surface area contributed by atoms with Gasteiger partial charge in [-0.3, -0.25) is 0 Å². The smallest absolute Gasteiger partial charge is 0.399 e. The van der Waals surface area contributed by atoms with Crippen molar-refractivity contribution in [3.8, 4) is 0 Å². The summed E-state index contributed by atoms with van der Waals surface area (Å²) in [5.74, 6) is 0. The van der Waals surface area contributed by atoms with Crippen LogP contribution in [0.1, 0.15) is 38.8 Å². The van der Waals surface area contributed by atoms with Gasteiger partial charge in [0.2, 0.25) is 0 Å².